The first kappa shape index (κ1) is 8.31. The number of aromatic amines is 1. The largest absolute Gasteiger partial charge is 0.290 e. The van der Waals surface area contributed by atoms with Gasteiger partial charge >= 0.3 is 0 Å². The Bertz CT molecular complexity index is 501. The third kappa shape index (κ3) is 1.14. The standard InChI is InChI=1S/C7H8N4OS/c1-11-6(12)4-3-8-10-5(4)9-7(11)13-2/h3H,1-2H3,(H,8,10). The second-order valence-corrected chi connectivity index (χ2v) is 3.37. The molecule has 0 aliphatic carbocycles. The molecule has 2 aromatic rings. The van der Waals surface area contributed by atoms with Crippen LogP contribution < -0.4 is 5.56 Å². The summed E-state index contributed by atoms with van der Waals surface area (Å²) < 4.78 is 1.52. The van der Waals surface area contributed by atoms with Crippen molar-refractivity contribution in [2.45, 2.75) is 5.16 Å². The number of nitrogens with zero attached hydrogens (tertiary/aromatic N) is 3. The lowest BCUT2D eigenvalue weighted by Crippen LogP contribution is -2.19. The molecular weight excluding hydrogens is 188 g/mol. The first-order valence-electron chi connectivity index (χ1n) is 3.68. The van der Waals surface area contributed by atoms with Gasteiger partial charge in [-0.3, -0.25) is 14.5 Å². The maximum atomic E-state index is 11.6. The van der Waals surface area contributed by atoms with Gasteiger partial charge in [-0.05, 0) is 6.26 Å². The lowest BCUT2D eigenvalue weighted by atomic mass is 10.4. The van der Waals surface area contributed by atoms with E-state index in [1.54, 1.807) is 7.05 Å². The van der Waals surface area contributed by atoms with Crippen LogP contribution in [0.1, 0.15) is 0 Å². The highest BCUT2D eigenvalue weighted by Crippen LogP contribution is 2.11. The lowest BCUT2D eigenvalue weighted by molar-refractivity contribution is 0.725. The number of hydrogen-bond acceptors (Lipinski definition) is 4. The molecule has 68 valence electrons. The number of rotatable bonds is 1. The Hall–Kier alpha value is -1.30. The third-order valence-electron chi connectivity index (χ3n) is 1.83. The molecule has 0 aliphatic heterocycles. The van der Waals surface area contributed by atoms with Crippen molar-refractivity contribution in [1.29, 1.82) is 0 Å². The highest BCUT2D eigenvalue weighted by atomic mass is 32.2. The Labute approximate surface area is 78.2 Å². The number of thioether (sulfide) groups is 1. The van der Waals surface area contributed by atoms with Gasteiger partial charge in [-0.15, -0.1) is 0 Å². The van der Waals surface area contributed by atoms with E-state index in [0.29, 0.717) is 16.2 Å². The Balaban J connectivity index is 2.92. The molecule has 0 spiro atoms. The smallest absolute Gasteiger partial charge is 0.265 e. The molecule has 0 saturated carbocycles. The van der Waals surface area contributed by atoms with Gasteiger partial charge in [0.2, 0.25) is 0 Å². The van der Waals surface area contributed by atoms with Crippen LogP contribution in [0, 0.1) is 0 Å². The van der Waals surface area contributed by atoms with Crippen molar-refractivity contribution in [3.63, 3.8) is 0 Å². The molecule has 13 heavy (non-hydrogen) atoms. The van der Waals surface area contributed by atoms with Gasteiger partial charge in [0.25, 0.3) is 5.56 Å². The Morgan fingerprint density at radius 1 is 1.62 bits per heavy atom. The summed E-state index contributed by atoms with van der Waals surface area (Å²) in [5, 5.41) is 7.65. The van der Waals surface area contributed by atoms with Crippen molar-refractivity contribution in [1.82, 2.24) is 19.7 Å². The molecule has 6 heteroatoms. The number of aromatic nitrogens is 4. The van der Waals surface area contributed by atoms with Gasteiger partial charge in [-0.25, -0.2) is 4.98 Å². The van der Waals surface area contributed by atoms with Gasteiger partial charge in [-0.1, -0.05) is 11.8 Å². The topological polar surface area (TPSA) is 63.6 Å². The van der Waals surface area contributed by atoms with Gasteiger partial charge in [0.15, 0.2) is 10.8 Å². The fraction of sp³-hybridized carbons (Fsp3) is 0.286. The Kier molecular flexibility index (Phi) is 1.84. The van der Waals surface area contributed by atoms with Crippen LogP contribution in [-0.4, -0.2) is 26.0 Å². The zero-order valence-electron chi connectivity index (χ0n) is 7.24. The molecule has 0 aliphatic rings. The fourth-order valence-electron chi connectivity index (χ4n) is 1.14. The van der Waals surface area contributed by atoms with Gasteiger partial charge in [-0.2, -0.15) is 5.10 Å². The summed E-state index contributed by atoms with van der Waals surface area (Å²) in [5.74, 6) is 0. The van der Waals surface area contributed by atoms with Gasteiger partial charge in [0.05, 0.1) is 6.20 Å². The van der Waals surface area contributed by atoms with E-state index in [1.165, 1.54) is 22.5 Å². The minimum absolute atomic E-state index is 0.0666. The average molecular weight is 196 g/mol. The van der Waals surface area contributed by atoms with Crippen LogP contribution in [0.25, 0.3) is 11.0 Å². The molecule has 0 bridgehead atoms. The number of nitrogens with one attached hydrogen (secondary N) is 1. The quantitative estimate of drug-likeness (QED) is 0.529. The van der Waals surface area contributed by atoms with E-state index in [0.717, 1.165) is 0 Å². The second kappa shape index (κ2) is 2.88. The SMILES string of the molecule is CSc1nc2[nH]ncc2c(=O)n1C. The van der Waals surface area contributed by atoms with Crippen molar-refractivity contribution < 1.29 is 0 Å². The molecule has 5 nitrogen and oxygen atoms in total. The van der Waals surface area contributed by atoms with E-state index < -0.39 is 0 Å². The summed E-state index contributed by atoms with van der Waals surface area (Å²) in [6.45, 7) is 0. The molecule has 0 saturated heterocycles. The van der Waals surface area contributed by atoms with Crippen LogP contribution in [0.5, 0.6) is 0 Å². The van der Waals surface area contributed by atoms with Crippen molar-refractivity contribution in [2.24, 2.45) is 7.05 Å². The fourth-order valence-corrected chi connectivity index (χ4v) is 1.68. The summed E-state index contributed by atoms with van der Waals surface area (Å²) in [7, 11) is 1.70. The molecule has 2 aromatic heterocycles. The zero-order valence-corrected chi connectivity index (χ0v) is 8.05. The molecule has 0 unspecified atom stereocenters. The minimum Gasteiger partial charge on any atom is -0.290 e. The van der Waals surface area contributed by atoms with Crippen LogP contribution >= 0.6 is 11.8 Å². The van der Waals surface area contributed by atoms with Crippen LogP contribution in [0.15, 0.2) is 16.1 Å². The summed E-state index contributed by atoms with van der Waals surface area (Å²) in [6.07, 6.45) is 3.37. The molecule has 2 heterocycles. The average Bonchev–Trinajstić information content (AvgIpc) is 2.59. The van der Waals surface area contributed by atoms with Crippen molar-refractivity contribution in [3.8, 4) is 0 Å². The van der Waals surface area contributed by atoms with E-state index in [4.69, 9.17) is 0 Å². The van der Waals surface area contributed by atoms with Crippen LogP contribution in [0.2, 0.25) is 0 Å². The predicted molar refractivity (Wildman–Crippen MR) is 50.9 cm³/mol. The highest BCUT2D eigenvalue weighted by molar-refractivity contribution is 7.98. The Morgan fingerprint density at radius 2 is 2.38 bits per heavy atom. The predicted octanol–water partition coefficient (Wildman–Crippen LogP) is 0.378. The van der Waals surface area contributed by atoms with Crippen LogP contribution in [-0.2, 0) is 7.05 Å². The maximum Gasteiger partial charge on any atom is 0.265 e. The van der Waals surface area contributed by atoms with Gasteiger partial charge < -0.3 is 0 Å². The van der Waals surface area contributed by atoms with Gasteiger partial charge in [0, 0.05) is 7.05 Å². The van der Waals surface area contributed by atoms with Gasteiger partial charge in [0.1, 0.15) is 5.39 Å². The molecule has 1 N–H and O–H groups in total. The van der Waals surface area contributed by atoms with E-state index in [-0.39, 0.29) is 5.56 Å². The summed E-state index contributed by atoms with van der Waals surface area (Å²) >= 11 is 1.43. The molecule has 0 aromatic carbocycles. The summed E-state index contributed by atoms with van der Waals surface area (Å²) in [4.78, 5) is 15.8. The minimum atomic E-state index is -0.0666. The summed E-state index contributed by atoms with van der Waals surface area (Å²) in [6, 6.07) is 0. The van der Waals surface area contributed by atoms with Crippen molar-refractivity contribution in [3.05, 3.63) is 16.6 Å². The molecule has 0 fully saturated rings. The molecular formula is C7H8N4OS. The van der Waals surface area contributed by atoms with E-state index in [9.17, 15) is 4.79 Å². The Morgan fingerprint density at radius 3 is 3.08 bits per heavy atom. The van der Waals surface area contributed by atoms with Crippen molar-refractivity contribution in [2.75, 3.05) is 6.26 Å². The summed E-state index contributed by atoms with van der Waals surface area (Å²) in [5.41, 5.74) is 0.482. The maximum absolute atomic E-state index is 11.6. The molecule has 0 amide bonds. The second-order valence-electron chi connectivity index (χ2n) is 2.59. The zero-order chi connectivity index (χ0) is 9.42. The lowest BCUT2D eigenvalue weighted by Gasteiger charge is -2.02. The number of H-pyrrole nitrogens is 1. The monoisotopic (exact) mass is 196 g/mol. The molecule has 0 atom stereocenters. The van der Waals surface area contributed by atoms with E-state index in [1.807, 2.05) is 6.26 Å². The van der Waals surface area contributed by atoms with Crippen LogP contribution in [0.4, 0.5) is 0 Å². The molecule has 2 rings (SSSR count). The normalized spacial score (nSPS) is 10.9. The number of hydrogen-bond donors (Lipinski definition) is 1. The van der Waals surface area contributed by atoms with E-state index in [2.05, 4.69) is 15.2 Å². The first-order valence-corrected chi connectivity index (χ1v) is 4.90. The molecule has 0 radical (unpaired) electrons. The third-order valence-corrected chi connectivity index (χ3v) is 2.56. The number of fused-ring (bicyclic) bond motifs is 1. The first-order chi connectivity index (χ1) is 6.24. The highest BCUT2D eigenvalue weighted by Gasteiger charge is 2.07. The van der Waals surface area contributed by atoms with Crippen LogP contribution in [0.3, 0.4) is 0 Å². The van der Waals surface area contributed by atoms with Crippen molar-refractivity contribution >= 4 is 22.8 Å². The van der Waals surface area contributed by atoms with E-state index >= 15 is 0 Å².